The van der Waals surface area contributed by atoms with Gasteiger partial charge < -0.3 is 10.6 Å². The number of hydrogen-bond acceptors (Lipinski definition) is 3. The van der Waals surface area contributed by atoms with E-state index in [0.29, 0.717) is 6.04 Å². The van der Waals surface area contributed by atoms with Crippen LogP contribution in [0, 0.1) is 5.82 Å². The lowest BCUT2D eigenvalue weighted by Gasteiger charge is -2.24. The molecule has 1 unspecified atom stereocenters. The zero-order chi connectivity index (χ0) is 13.1. The van der Waals surface area contributed by atoms with Crippen molar-refractivity contribution in [3.05, 3.63) is 36.3 Å². The standard InChI is InChI=1S/C15H18FN3/c16-12-5-4-11-6-8-18-15(14(11)9-12)19-10-13-3-1-2-7-17-13/h4-6,8-9,13,17H,1-3,7,10H2,(H,18,19). The van der Waals surface area contributed by atoms with Gasteiger partial charge in [0.1, 0.15) is 11.6 Å². The van der Waals surface area contributed by atoms with Crippen LogP contribution in [-0.4, -0.2) is 24.1 Å². The predicted octanol–water partition coefficient (Wildman–Crippen LogP) is 2.93. The number of benzene rings is 1. The predicted molar refractivity (Wildman–Crippen MR) is 75.8 cm³/mol. The average molecular weight is 259 g/mol. The molecule has 1 aromatic heterocycles. The maximum absolute atomic E-state index is 13.3. The highest BCUT2D eigenvalue weighted by molar-refractivity contribution is 5.91. The van der Waals surface area contributed by atoms with Crippen molar-refractivity contribution in [1.82, 2.24) is 10.3 Å². The molecule has 0 radical (unpaired) electrons. The molecular weight excluding hydrogens is 241 g/mol. The number of halogens is 1. The largest absolute Gasteiger partial charge is 0.368 e. The lowest BCUT2D eigenvalue weighted by molar-refractivity contribution is 0.414. The van der Waals surface area contributed by atoms with Crippen molar-refractivity contribution < 1.29 is 4.39 Å². The lowest BCUT2D eigenvalue weighted by atomic mass is 10.1. The lowest BCUT2D eigenvalue weighted by Crippen LogP contribution is -2.39. The molecule has 2 aromatic rings. The molecule has 0 amide bonds. The van der Waals surface area contributed by atoms with Gasteiger partial charge in [-0.15, -0.1) is 0 Å². The Bertz CT molecular complexity index is 564. The first-order valence-corrected chi connectivity index (χ1v) is 6.84. The van der Waals surface area contributed by atoms with Crippen LogP contribution in [-0.2, 0) is 0 Å². The van der Waals surface area contributed by atoms with E-state index in [2.05, 4.69) is 15.6 Å². The SMILES string of the molecule is Fc1ccc2ccnc(NCC3CCCCN3)c2c1. The van der Waals surface area contributed by atoms with Gasteiger partial charge in [0, 0.05) is 24.2 Å². The van der Waals surface area contributed by atoms with Crippen LogP contribution >= 0.6 is 0 Å². The Hall–Kier alpha value is -1.68. The molecule has 0 bridgehead atoms. The van der Waals surface area contributed by atoms with Crippen LogP contribution in [0.3, 0.4) is 0 Å². The third-order valence-corrected chi connectivity index (χ3v) is 3.66. The highest BCUT2D eigenvalue weighted by Gasteiger charge is 2.12. The number of hydrogen-bond donors (Lipinski definition) is 2. The molecule has 0 saturated carbocycles. The Kier molecular flexibility index (Phi) is 3.60. The molecule has 3 rings (SSSR count). The number of piperidine rings is 1. The van der Waals surface area contributed by atoms with Gasteiger partial charge in [-0.25, -0.2) is 9.37 Å². The van der Waals surface area contributed by atoms with E-state index < -0.39 is 0 Å². The van der Waals surface area contributed by atoms with Crippen molar-refractivity contribution in [3.8, 4) is 0 Å². The van der Waals surface area contributed by atoms with E-state index in [0.717, 1.165) is 29.7 Å². The van der Waals surface area contributed by atoms with Crippen LogP contribution in [0.5, 0.6) is 0 Å². The number of nitrogens with zero attached hydrogens (tertiary/aromatic N) is 1. The quantitative estimate of drug-likeness (QED) is 0.890. The molecule has 100 valence electrons. The smallest absolute Gasteiger partial charge is 0.133 e. The van der Waals surface area contributed by atoms with Crippen molar-refractivity contribution in [1.29, 1.82) is 0 Å². The third-order valence-electron chi connectivity index (χ3n) is 3.66. The second kappa shape index (κ2) is 5.53. The fraction of sp³-hybridized carbons (Fsp3) is 0.400. The fourth-order valence-electron chi connectivity index (χ4n) is 2.60. The van der Waals surface area contributed by atoms with Gasteiger partial charge in [-0.2, -0.15) is 0 Å². The van der Waals surface area contributed by atoms with E-state index in [4.69, 9.17) is 0 Å². The Labute approximate surface area is 112 Å². The van der Waals surface area contributed by atoms with Crippen LogP contribution in [0.2, 0.25) is 0 Å². The second-order valence-electron chi connectivity index (χ2n) is 5.05. The second-order valence-corrected chi connectivity index (χ2v) is 5.05. The van der Waals surface area contributed by atoms with Gasteiger partial charge >= 0.3 is 0 Å². The number of pyridine rings is 1. The Morgan fingerprint density at radius 3 is 3.11 bits per heavy atom. The first kappa shape index (κ1) is 12.4. The highest BCUT2D eigenvalue weighted by atomic mass is 19.1. The summed E-state index contributed by atoms with van der Waals surface area (Å²) in [7, 11) is 0. The van der Waals surface area contributed by atoms with Crippen molar-refractivity contribution in [2.24, 2.45) is 0 Å². The molecule has 1 atom stereocenters. The van der Waals surface area contributed by atoms with E-state index in [1.807, 2.05) is 6.07 Å². The first-order chi connectivity index (χ1) is 9.33. The topological polar surface area (TPSA) is 37.0 Å². The number of nitrogens with one attached hydrogen (secondary N) is 2. The Morgan fingerprint density at radius 2 is 2.26 bits per heavy atom. The number of rotatable bonds is 3. The van der Waals surface area contributed by atoms with E-state index in [1.54, 1.807) is 18.3 Å². The van der Waals surface area contributed by atoms with E-state index in [1.165, 1.54) is 25.3 Å². The molecule has 4 heteroatoms. The van der Waals surface area contributed by atoms with E-state index in [-0.39, 0.29) is 5.82 Å². The van der Waals surface area contributed by atoms with Crippen LogP contribution in [0.25, 0.3) is 10.8 Å². The monoisotopic (exact) mass is 259 g/mol. The molecule has 1 aliphatic heterocycles. The van der Waals surface area contributed by atoms with Gasteiger partial charge in [-0.3, -0.25) is 0 Å². The minimum Gasteiger partial charge on any atom is -0.368 e. The van der Waals surface area contributed by atoms with Gasteiger partial charge in [-0.05, 0) is 43.0 Å². The molecule has 1 aliphatic rings. The summed E-state index contributed by atoms with van der Waals surface area (Å²) >= 11 is 0. The molecule has 1 aromatic carbocycles. The molecule has 1 fully saturated rings. The fourth-order valence-corrected chi connectivity index (χ4v) is 2.60. The average Bonchev–Trinajstić information content (AvgIpc) is 2.46. The Morgan fingerprint density at radius 1 is 1.32 bits per heavy atom. The molecule has 0 spiro atoms. The maximum Gasteiger partial charge on any atom is 0.133 e. The van der Waals surface area contributed by atoms with Crippen molar-refractivity contribution >= 4 is 16.6 Å². The van der Waals surface area contributed by atoms with Gasteiger partial charge in [0.05, 0.1) is 0 Å². The zero-order valence-electron chi connectivity index (χ0n) is 10.8. The molecule has 2 heterocycles. The van der Waals surface area contributed by atoms with Crippen molar-refractivity contribution in [3.63, 3.8) is 0 Å². The van der Waals surface area contributed by atoms with E-state index >= 15 is 0 Å². The molecule has 1 saturated heterocycles. The normalized spacial score (nSPS) is 19.5. The van der Waals surface area contributed by atoms with Crippen LogP contribution in [0.4, 0.5) is 10.2 Å². The van der Waals surface area contributed by atoms with Crippen LogP contribution in [0.1, 0.15) is 19.3 Å². The third kappa shape index (κ3) is 2.84. The molecule has 3 nitrogen and oxygen atoms in total. The van der Waals surface area contributed by atoms with E-state index in [9.17, 15) is 4.39 Å². The summed E-state index contributed by atoms with van der Waals surface area (Å²) in [4.78, 5) is 4.33. The summed E-state index contributed by atoms with van der Waals surface area (Å²) in [6.07, 6.45) is 5.48. The first-order valence-electron chi connectivity index (χ1n) is 6.84. The number of anilines is 1. The summed E-state index contributed by atoms with van der Waals surface area (Å²) in [5, 5.41) is 8.68. The van der Waals surface area contributed by atoms with Crippen molar-refractivity contribution in [2.45, 2.75) is 25.3 Å². The molecule has 2 N–H and O–H groups in total. The summed E-state index contributed by atoms with van der Waals surface area (Å²) in [6, 6.07) is 7.20. The summed E-state index contributed by atoms with van der Waals surface area (Å²) in [6.45, 7) is 1.92. The van der Waals surface area contributed by atoms with Gasteiger partial charge in [0.25, 0.3) is 0 Å². The number of fused-ring (bicyclic) bond motifs is 1. The zero-order valence-corrected chi connectivity index (χ0v) is 10.8. The minimum absolute atomic E-state index is 0.223. The van der Waals surface area contributed by atoms with Gasteiger partial charge in [0.15, 0.2) is 0 Å². The Balaban J connectivity index is 1.78. The maximum atomic E-state index is 13.3. The van der Waals surface area contributed by atoms with Crippen LogP contribution < -0.4 is 10.6 Å². The van der Waals surface area contributed by atoms with Crippen molar-refractivity contribution in [2.75, 3.05) is 18.4 Å². The van der Waals surface area contributed by atoms with Crippen LogP contribution in [0.15, 0.2) is 30.5 Å². The van der Waals surface area contributed by atoms with Gasteiger partial charge in [0.2, 0.25) is 0 Å². The molecule has 0 aliphatic carbocycles. The summed E-state index contributed by atoms with van der Waals surface area (Å²) in [5.41, 5.74) is 0. The summed E-state index contributed by atoms with van der Waals surface area (Å²) < 4.78 is 13.3. The summed E-state index contributed by atoms with van der Waals surface area (Å²) in [5.74, 6) is 0.545. The minimum atomic E-state index is -0.223. The van der Waals surface area contributed by atoms with Gasteiger partial charge in [-0.1, -0.05) is 12.5 Å². The molecule has 19 heavy (non-hydrogen) atoms. The number of aromatic nitrogens is 1. The highest BCUT2D eigenvalue weighted by Crippen LogP contribution is 2.22. The molecular formula is C15H18FN3.